The number of aromatic hydroxyl groups is 1. The van der Waals surface area contributed by atoms with Crippen LogP contribution in [0.1, 0.15) is 83.6 Å². The first-order chi connectivity index (χ1) is 27.9. The van der Waals surface area contributed by atoms with Crippen molar-refractivity contribution in [1.82, 2.24) is 19.3 Å². The topological polar surface area (TPSA) is 151 Å². The van der Waals surface area contributed by atoms with Gasteiger partial charge in [-0.05, 0) is 97.8 Å². The summed E-state index contributed by atoms with van der Waals surface area (Å²) >= 11 is 0. The van der Waals surface area contributed by atoms with Crippen LogP contribution in [0.4, 0.5) is 10.1 Å². The first kappa shape index (κ1) is 41.0. The molecule has 11 nitrogen and oxygen atoms in total. The molecule has 3 aliphatic rings. The van der Waals surface area contributed by atoms with Crippen molar-refractivity contribution < 1.29 is 19.0 Å². The monoisotopic (exact) mass is 792 g/mol. The predicted octanol–water partition coefficient (Wildman–Crippen LogP) is 6.43. The zero-order valence-corrected chi connectivity index (χ0v) is 34.5. The summed E-state index contributed by atoms with van der Waals surface area (Å²) in [5, 5.41) is 14.9. The zero-order chi connectivity index (χ0) is 41.1. The number of anilines is 1. The lowest BCUT2D eigenvalue weighted by atomic mass is 9.85. The van der Waals surface area contributed by atoms with Crippen LogP contribution in [-0.4, -0.2) is 102 Å². The van der Waals surface area contributed by atoms with Crippen molar-refractivity contribution in [3.05, 3.63) is 112 Å². The SMILES string of the molecule is CCc1cn(C2CCN(CC3(F)CCN(C(=O)c4ccc(C5CC(OC)CN(C(/C=C(\N)c6ccccc6O)=C(N)N)C5)c(C)c4)CC3)CC2)c2ccc(NC)cc12. The Kier molecular flexibility index (Phi) is 12.3. The summed E-state index contributed by atoms with van der Waals surface area (Å²) in [5.41, 5.74) is 25.4. The van der Waals surface area contributed by atoms with E-state index in [9.17, 15) is 9.90 Å². The number of nitrogens with zero attached hydrogens (tertiary/aromatic N) is 4. The molecule has 0 bridgehead atoms. The number of halogens is 1. The van der Waals surface area contributed by atoms with E-state index in [1.165, 1.54) is 16.5 Å². The lowest BCUT2D eigenvalue weighted by Crippen LogP contribution is -2.51. The highest BCUT2D eigenvalue weighted by atomic mass is 19.1. The van der Waals surface area contributed by atoms with Crippen molar-refractivity contribution in [2.45, 2.75) is 76.1 Å². The number of fused-ring (bicyclic) bond motifs is 1. The van der Waals surface area contributed by atoms with Crippen LogP contribution in [0.5, 0.6) is 5.75 Å². The van der Waals surface area contributed by atoms with E-state index in [-0.39, 0.29) is 29.5 Å². The van der Waals surface area contributed by atoms with Gasteiger partial charge in [0, 0.05) is 124 Å². The van der Waals surface area contributed by atoms with Crippen LogP contribution in [0.2, 0.25) is 0 Å². The standard InChI is InChI=1S/C46H61FN8O3/c1-5-31-27-55(41-13-11-34(51-3)24-39(31)41)35-14-18-52(19-15-35)29-46(47)16-20-53(21-17-46)45(57)32-10-12-37(30(2)22-32)33-23-36(58-4)28-54(26-33)42(44(49)50)25-40(48)38-8-6-7-9-43(38)56/h6-13,22,24-25,27,33,35-36,51,56H,5,14-21,23,26,28-29,48-50H2,1-4H3/b40-25-. The third kappa shape index (κ3) is 8.63. The largest absolute Gasteiger partial charge is 0.507 e. The molecule has 4 aromatic rings. The van der Waals surface area contributed by atoms with Gasteiger partial charge in [0.25, 0.3) is 5.91 Å². The molecule has 2 unspecified atom stereocenters. The first-order valence-electron chi connectivity index (χ1n) is 20.8. The minimum Gasteiger partial charge on any atom is -0.507 e. The quantitative estimate of drug-likeness (QED) is 0.108. The first-order valence-corrected chi connectivity index (χ1v) is 20.8. The Labute approximate surface area is 342 Å². The summed E-state index contributed by atoms with van der Waals surface area (Å²) in [7, 11) is 3.65. The van der Waals surface area contributed by atoms with Gasteiger partial charge in [-0.1, -0.05) is 25.1 Å². The molecule has 8 N–H and O–H groups in total. The van der Waals surface area contributed by atoms with Crippen LogP contribution in [0.3, 0.4) is 0 Å². The molecule has 4 heterocycles. The van der Waals surface area contributed by atoms with E-state index < -0.39 is 5.67 Å². The van der Waals surface area contributed by atoms with Crippen LogP contribution in [0.15, 0.2) is 84.5 Å². The van der Waals surface area contributed by atoms with Gasteiger partial charge in [-0.15, -0.1) is 0 Å². The number of nitrogens with one attached hydrogen (secondary N) is 1. The van der Waals surface area contributed by atoms with E-state index in [0.717, 1.165) is 55.6 Å². The van der Waals surface area contributed by atoms with Crippen LogP contribution in [0, 0.1) is 6.92 Å². The molecule has 310 valence electrons. The fourth-order valence-corrected chi connectivity index (χ4v) is 9.48. The number of aromatic nitrogens is 1. The number of piperidine rings is 3. The number of hydrogen-bond acceptors (Lipinski definition) is 9. The van der Waals surface area contributed by atoms with Gasteiger partial charge in [-0.2, -0.15) is 0 Å². The van der Waals surface area contributed by atoms with Gasteiger partial charge in [-0.25, -0.2) is 4.39 Å². The number of phenolic OH excluding ortho intramolecular Hbond substituents is 1. The molecule has 3 fully saturated rings. The van der Waals surface area contributed by atoms with Crippen molar-refractivity contribution in [2.24, 2.45) is 17.2 Å². The van der Waals surface area contributed by atoms with E-state index in [0.29, 0.717) is 74.1 Å². The number of likely N-dealkylation sites (tertiary alicyclic amines) is 3. The summed E-state index contributed by atoms with van der Waals surface area (Å²) in [6.07, 6.45) is 8.36. The van der Waals surface area contributed by atoms with E-state index in [1.807, 2.05) is 37.1 Å². The van der Waals surface area contributed by atoms with E-state index in [4.69, 9.17) is 21.9 Å². The van der Waals surface area contributed by atoms with Crippen LogP contribution >= 0.6 is 0 Å². The van der Waals surface area contributed by atoms with Gasteiger partial charge < -0.3 is 51.6 Å². The number of benzene rings is 3. The maximum atomic E-state index is 16.4. The molecule has 7 rings (SSSR count). The number of ether oxygens (including phenoxy) is 1. The number of rotatable bonds is 11. The molecule has 0 aliphatic carbocycles. The highest BCUT2D eigenvalue weighted by Gasteiger charge is 2.39. The summed E-state index contributed by atoms with van der Waals surface area (Å²) in [6, 6.07) is 19.8. The minimum atomic E-state index is -1.31. The Bertz CT molecular complexity index is 2160. The third-order valence-corrected chi connectivity index (χ3v) is 12.8. The van der Waals surface area contributed by atoms with Gasteiger partial charge in [0.1, 0.15) is 17.2 Å². The van der Waals surface area contributed by atoms with Crippen molar-refractivity contribution in [3.63, 3.8) is 0 Å². The Morgan fingerprint density at radius 3 is 2.40 bits per heavy atom. The van der Waals surface area contributed by atoms with Gasteiger partial charge in [0.05, 0.1) is 11.8 Å². The fourth-order valence-electron chi connectivity index (χ4n) is 9.48. The highest BCUT2D eigenvalue weighted by molar-refractivity contribution is 5.94. The average Bonchev–Trinajstić information content (AvgIpc) is 3.60. The second kappa shape index (κ2) is 17.3. The molecule has 3 saturated heterocycles. The summed E-state index contributed by atoms with van der Waals surface area (Å²) in [5.74, 6) is 0.188. The number of allylic oxidation sites excluding steroid dienone is 1. The highest BCUT2D eigenvalue weighted by Crippen LogP contribution is 2.36. The minimum absolute atomic E-state index is 0.0595. The Morgan fingerprint density at radius 1 is 1.00 bits per heavy atom. The predicted molar refractivity (Wildman–Crippen MR) is 231 cm³/mol. The van der Waals surface area contributed by atoms with Crippen LogP contribution in [0.25, 0.3) is 16.6 Å². The van der Waals surface area contributed by atoms with Crippen molar-refractivity contribution >= 4 is 28.2 Å². The molecule has 1 amide bonds. The van der Waals surface area contributed by atoms with Crippen LogP contribution in [-0.2, 0) is 11.2 Å². The van der Waals surface area contributed by atoms with Gasteiger partial charge in [-0.3, -0.25) is 4.79 Å². The number of para-hydroxylation sites is 1. The van der Waals surface area contributed by atoms with Crippen LogP contribution < -0.4 is 22.5 Å². The normalized spacial score (nSPS) is 20.7. The zero-order valence-electron chi connectivity index (χ0n) is 34.5. The second-order valence-electron chi connectivity index (χ2n) is 16.6. The second-order valence-corrected chi connectivity index (χ2v) is 16.6. The van der Waals surface area contributed by atoms with E-state index in [1.54, 1.807) is 37.5 Å². The number of aryl methyl sites for hydroxylation is 2. The number of phenols is 1. The molecule has 58 heavy (non-hydrogen) atoms. The molecular weight excluding hydrogens is 732 g/mol. The Morgan fingerprint density at radius 2 is 1.74 bits per heavy atom. The maximum Gasteiger partial charge on any atom is 0.253 e. The van der Waals surface area contributed by atoms with Crippen molar-refractivity contribution in [2.75, 3.05) is 65.3 Å². The number of carbonyl (C=O) groups is 1. The summed E-state index contributed by atoms with van der Waals surface area (Å²) < 4.78 is 24.7. The molecule has 12 heteroatoms. The molecule has 3 aliphatic heterocycles. The number of nitrogens with two attached hydrogens (primary N) is 3. The number of carbonyl (C=O) groups excluding carboxylic acids is 1. The number of alkyl halides is 1. The Hall–Kier alpha value is -5.20. The molecule has 1 aromatic heterocycles. The molecule has 3 aromatic carbocycles. The number of methoxy groups -OCH3 is 1. The number of amides is 1. The van der Waals surface area contributed by atoms with Gasteiger partial charge in [0.2, 0.25) is 0 Å². The smallest absolute Gasteiger partial charge is 0.253 e. The molecule has 0 spiro atoms. The molecular formula is C46H61FN8O3. The van der Waals surface area contributed by atoms with Crippen molar-refractivity contribution in [3.8, 4) is 5.75 Å². The van der Waals surface area contributed by atoms with Gasteiger partial charge >= 0.3 is 0 Å². The average molecular weight is 793 g/mol. The molecule has 0 radical (unpaired) electrons. The Balaban J connectivity index is 0.954. The number of hydrogen-bond donors (Lipinski definition) is 5. The maximum absolute atomic E-state index is 16.4. The van der Waals surface area contributed by atoms with Crippen molar-refractivity contribution in [1.29, 1.82) is 0 Å². The summed E-state index contributed by atoms with van der Waals surface area (Å²) in [4.78, 5) is 20.0. The third-order valence-electron chi connectivity index (χ3n) is 12.8. The lowest BCUT2D eigenvalue weighted by molar-refractivity contribution is 0.0158. The van der Waals surface area contributed by atoms with Gasteiger partial charge in [0.15, 0.2) is 0 Å². The molecule has 2 atom stereocenters. The van der Waals surface area contributed by atoms with E-state index in [2.05, 4.69) is 51.0 Å². The molecule has 0 saturated carbocycles. The fraction of sp³-hybridized carbons (Fsp3) is 0.457. The summed E-state index contributed by atoms with van der Waals surface area (Å²) in [6.45, 7) is 8.35. The lowest BCUT2D eigenvalue weighted by Gasteiger charge is -2.41. The van der Waals surface area contributed by atoms with E-state index >= 15 is 4.39 Å².